The van der Waals surface area contributed by atoms with Gasteiger partial charge in [-0.3, -0.25) is 4.90 Å². The molecule has 5 heteroatoms. The van der Waals surface area contributed by atoms with E-state index in [2.05, 4.69) is 45.9 Å². The zero-order valence-electron chi connectivity index (χ0n) is 14.6. The minimum absolute atomic E-state index is 0.240. The normalized spacial score (nSPS) is 16.3. The van der Waals surface area contributed by atoms with Crippen LogP contribution in [0.3, 0.4) is 0 Å². The number of piperidine rings is 1. The smallest absolute Gasteiger partial charge is 0.166 e. The average molecular weight is 358 g/mol. The maximum absolute atomic E-state index is 5.67. The third kappa shape index (κ3) is 5.58. The molecular weight excluding hydrogens is 330 g/mol. The van der Waals surface area contributed by atoms with Crippen molar-refractivity contribution in [2.75, 3.05) is 26.2 Å². The first-order chi connectivity index (χ1) is 12.3. The lowest BCUT2D eigenvalue weighted by molar-refractivity contribution is 0.146. The molecule has 0 radical (unpaired) electrons. The van der Waals surface area contributed by atoms with Gasteiger partial charge in [0.05, 0.1) is 12.3 Å². The number of thiocarbonyl (C=S) groups is 1. The van der Waals surface area contributed by atoms with E-state index in [1.54, 1.807) is 6.26 Å². The van der Waals surface area contributed by atoms with Crippen LogP contribution in [0.4, 0.5) is 0 Å². The Kier molecular flexibility index (Phi) is 6.89. The Balaban J connectivity index is 1.46. The topological polar surface area (TPSA) is 40.4 Å². The summed E-state index contributed by atoms with van der Waals surface area (Å²) in [5.74, 6) is 1.02. The predicted octanol–water partition coefficient (Wildman–Crippen LogP) is 3.51. The first kappa shape index (κ1) is 18.0. The van der Waals surface area contributed by atoms with Crippen molar-refractivity contribution in [3.8, 4) is 0 Å². The Hall–Kier alpha value is -1.85. The highest BCUT2D eigenvalue weighted by Gasteiger charge is 2.24. The van der Waals surface area contributed by atoms with Gasteiger partial charge in [-0.25, -0.2) is 0 Å². The van der Waals surface area contributed by atoms with Crippen LogP contribution in [0.2, 0.25) is 0 Å². The van der Waals surface area contributed by atoms with Crippen LogP contribution < -0.4 is 10.6 Å². The third-order valence-electron chi connectivity index (χ3n) is 4.70. The Labute approximate surface area is 155 Å². The standard InChI is InChI=1S/C20H27N3OS/c25-20(21-12-11-17-8-3-1-4-9-17)22-16-18(19-10-7-15-24-19)23-13-5-2-6-14-23/h1,3-4,7-10,15,18H,2,5-6,11-14,16H2,(H2,21,22,25)/t18-/m1/s1. The van der Waals surface area contributed by atoms with Crippen LogP contribution in [0.15, 0.2) is 53.1 Å². The molecule has 1 aliphatic rings. The summed E-state index contributed by atoms with van der Waals surface area (Å²) in [7, 11) is 0. The van der Waals surface area contributed by atoms with Gasteiger partial charge in [0.25, 0.3) is 0 Å². The summed E-state index contributed by atoms with van der Waals surface area (Å²) in [5, 5.41) is 7.39. The highest BCUT2D eigenvalue weighted by Crippen LogP contribution is 2.24. The molecule has 3 rings (SSSR count). The fourth-order valence-electron chi connectivity index (χ4n) is 3.34. The van der Waals surface area contributed by atoms with Gasteiger partial charge in [0.2, 0.25) is 0 Å². The minimum atomic E-state index is 0.240. The lowest BCUT2D eigenvalue weighted by Gasteiger charge is -2.33. The van der Waals surface area contributed by atoms with E-state index in [1.165, 1.54) is 24.8 Å². The van der Waals surface area contributed by atoms with Crippen LogP contribution in [-0.4, -0.2) is 36.2 Å². The first-order valence-corrected chi connectivity index (χ1v) is 9.57. The molecular formula is C20H27N3OS. The van der Waals surface area contributed by atoms with Crippen molar-refractivity contribution in [3.05, 3.63) is 60.1 Å². The summed E-state index contributed by atoms with van der Waals surface area (Å²) >= 11 is 5.45. The average Bonchev–Trinajstić information content (AvgIpc) is 3.18. The van der Waals surface area contributed by atoms with Crippen molar-refractivity contribution in [1.29, 1.82) is 0 Å². The molecule has 1 aromatic carbocycles. The number of likely N-dealkylation sites (tertiary alicyclic amines) is 1. The van der Waals surface area contributed by atoms with Crippen molar-refractivity contribution in [3.63, 3.8) is 0 Å². The summed E-state index contributed by atoms with van der Waals surface area (Å²) in [4.78, 5) is 2.50. The summed E-state index contributed by atoms with van der Waals surface area (Å²) in [6.45, 7) is 3.86. The van der Waals surface area contributed by atoms with E-state index in [4.69, 9.17) is 16.6 Å². The maximum atomic E-state index is 5.67. The highest BCUT2D eigenvalue weighted by molar-refractivity contribution is 7.80. The second kappa shape index (κ2) is 9.59. The molecule has 1 fully saturated rings. The number of nitrogens with one attached hydrogen (secondary N) is 2. The monoisotopic (exact) mass is 357 g/mol. The molecule has 0 unspecified atom stereocenters. The van der Waals surface area contributed by atoms with Gasteiger partial charge in [0.15, 0.2) is 5.11 Å². The van der Waals surface area contributed by atoms with Crippen molar-refractivity contribution in [2.24, 2.45) is 0 Å². The van der Waals surface area contributed by atoms with E-state index >= 15 is 0 Å². The molecule has 1 aliphatic heterocycles. The SMILES string of the molecule is S=C(NCCc1ccccc1)NC[C@H](c1ccco1)N1CCCCC1. The van der Waals surface area contributed by atoms with Crippen molar-refractivity contribution < 1.29 is 4.42 Å². The summed E-state index contributed by atoms with van der Waals surface area (Å²) in [5.41, 5.74) is 1.32. The number of benzene rings is 1. The molecule has 1 atom stereocenters. The zero-order chi connectivity index (χ0) is 17.3. The second-order valence-corrected chi connectivity index (χ2v) is 6.91. The summed E-state index contributed by atoms with van der Waals surface area (Å²) in [6, 6.07) is 14.7. The molecule has 134 valence electrons. The Morgan fingerprint density at radius 1 is 1.04 bits per heavy atom. The number of hydrogen-bond donors (Lipinski definition) is 2. The lowest BCUT2D eigenvalue weighted by atomic mass is 10.1. The largest absolute Gasteiger partial charge is 0.468 e. The molecule has 1 saturated heterocycles. The van der Waals surface area contributed by atoms with Gasteiger partial charge in [0, 0.05) is 13.1 Å². The minimum Gasteiger partial charge on any atom is -0.468 e. The van der Waals surface area contributed by atoms with Gasteiger partial charge in [-0.05, 0) is 62.3 Å². The van der Waals surface area contributed by atoms with Crippen LogP contribution in [0.5, 0.6) is 0 Å². The van der Waals surface area contributed by atoms with E-state index in [0.29, 0.717) is 5.11 Å². The number of nitrogens with zero attached hydrogens (tertiary/aromatic N) is 1. The first-order valence-electron chi connectivity index (χ1n) is 9.16. The van der Waals surface area contributed by atoms with E-state index in [1.807, 2.05) is 12.1 Å². The fraction of sp³-hybridized carbons (Fsp3) is 0.450. The Morgan fingerprint density at radius 3 is 2.56 bits per heavy atom. The van der Waals surface area contributed by atoms with Crippen LogP contribution in [0, 0.1) is 0 Å². The quantitative estimate of drug-likeness (QED) is 0.742. The van der Waals surface area contributed by atoms with E-state index in [0.717, 1.165) is 38.4 Å². The molecule has 0 saturated carbocycles. The van der Waals surface area contributed by atoms with Crippen molar-refractivity contribution in [1.82, 2.24) is 15.5 Å². The van der Waals surface area contributed by atoms with Gasteiger partial charge >= 0.3 is 0 Å². The molecule has 1 aromatic heterocycles. The maximum Gasteiger partial charge on any atom is 0.166 e. The van der Waals surface area contributed by atoms with Gasteiger partial charge in [-0.1, -0.05) is 36.8 Å². The number of hydrogen-bond acceptors (Lipinski definition) is 3. The van der Waals surface area contributed by atoms with Crippen molar-refractivity contribution >= 4 is 17.3 Å². The second-order valence-electron chi connectivity index (χ2n) is 6.50. The van der Waals surface area contributed by atoms with E-state index in [-0.39, 0.29) is 6.04 Å². The van der Waals surface area contributed by atoms with Gasteiger partial charge in [-0.15, -0.1) is 0 Å². The van der Waals surface area contributed by atoms with Gasteiger partial charge < -0.3 is 15.1 Å². The van der Waals surface area contributed by atoms with E-state index < -0.39 is 0 Å². The molecule has 4 nitrogen and oxygen atoms in total. The predicted molar refractivity (Wildman–Crippen MR) is 106 cm³/mol. The van der Waals surface area contributed by atoms with Crippen molar-refractivity contribution in [2.45, 2.75) is 31.7 Å². The molecule has 2 heterocycles. The van der Waals surface area contributed by atoms with Gasteiger partial charge in [0.1, 0.15) is 5.76 Å². The summed E-state index contributed by atoms with van der Waals surface area (Å²) < 4.78 is 5.67. The molecule has 0 aliphatic carbocycles. The zero-order valence-corrected chi connectivity index (χ0v) is 15.4. The van der Waals surface area contributed by atoms with Gasteiger partial charge in [-0.2, -0.15) is 0 Å². The fourth-order valence-corrected chi connectivity index (χ4v) is 3.52. The van der Waals surface area contributed by atoms with Crippen LogP contribution >= 0.6 is 12.2 Å². The molecule has 0 amide bonds. The molecule has 0 spiro atoms. The summed E-state index contributed by atoms with van der Waals surface area (Å²) in [6.07, 6.45) is 6.57. The molecule has 0 bridgehead atoms. The van der Waals surface area contributed by atoms with Crippen LogP contribution in [0.1, 0.15) is 36.6 Å². The van der Waals surface area contributed by atoms with E-state index in [9.17, 15) is 0 Å². The van der Waals surface area contributed by atoms with Crippen LogP contribution in [-0.2, 0) is 6.42 Å². The lowest BCUT2D eigenvalue weighted by Crippen LogP contribution is -2.43. The Bertz CT molecular complexity index is 624. The highest BCUT2D eigenvalue weighted by atomic mass is 32.1. The molecule has 2 aromatic rings. The number of furan rings is 1. The Morgan fingerprint density at radius 2 is 1.84 bits per heavy atom. The third-order valence-corrected chi connectivity index (χ3v) is 4.99. The van der Waals surface area contributed by atoms with Crippen LogP contribution in [0.25, 0.3) is 0 Å². The number of rotatable bonds is 7. The molecule has 25 heavy (non-hydrogen) atoms. The molecule has 2 N–H and O–H groups in total.